The van der Waals surface area contributed by atoms with Gasteiger partial charge in [0.15, 0.2) is 9.84 Å². The number of halogens is 1. The molecule has 1 fully saturated rings. The Kier molecular flexibility index (Phi) is 3.85. The lowest BCUT2D eigenvalue weighted by Gasteiger charge is -2.27. The van der Waals surface area contributed by atoms with E-state index in [9.17, 15) is 13.2 Å². The van der Waals surface area contributed by atoms with Crippen molar-refractivity contribution < 1.29 is 17.9 Å². The summed E-state index contributed by atoms with van der Waals surface area (Å²) in [6.45, 7) is 0.264. The molecule has 0 aliphatic carbocycles. The van der Waals surface area contributed by atoms with Crippen molar-refractivity contribution in [2.45, 2.75) is 12.6 Å². The van der Waals surface area contributed by atoms with E-state index in [0.717, 1.165) is 5.56 Å². The summed E-state index contributed by atoms with van der Waals surface area (Å²) in [7, 11) is -2.88. The van der Waals surface area contributed by atoms with Gasteiger partial charge in [-0.15, -0.1) is 0 Å². The first kappa shape index (κ1) is 13.3. The Morgan fingerprint density at radius 3 is 2.72 bits per heavy atom. The van der Waals surface area contributed by atoms with Crippen LogP contribution in [0.15, 0.2) is 27.7 Å². The van der Waals surface area contributed by atoms with Crippen LogP contribution in [-0.2, 0) is 21.2 Å². The highest BCUT2D eigenvalue weighted by Crippen LogP contribution is 2.29. The average molecular weight is 332 g/mol. The van der Waals surface area contributed by atoms with Gasteiger partial charge >= 0.3 is 0 Å². The molecule has 0 atom stereocenters. The van der Waals surface area contributed by atoms with Crippen molar-refractivity contribution in [3.05, 3.63) is 28.2 Å². The maximum Gasteiger partial charge on any atom is 0.235 e. The zero-order valence-electron chi connectivity index (χ0n) is 9.30. The summed E-state index contributed by atoms with van der Waals surface area (Å²) < 4.78 is 28.3. The van der Waals surface area contributed by atoms with E-state index in [2.05, 4.69) is 20.9 Å². The summed E-state index contributed by atoms with van der Waals surface area (Å²) in [5.41, 5.74) is 0.846. The fourth-order valence-corrected chi connectivity index (χ4v) is 3.32. The van der Waals surface area contributed by atoms with Crippen LogP contribution in [0, 0.1) is 0 Å². The molecule has 0 bridgehead atoms. The maximum absolute atomic E-state index is 11.0. The van der Waals surface area contributed by atoms with Gasteiger partial charge in [-0.3, -0.25) is 0 Å². The quantitative estimate of drug-likeness (QED) is 0.618. The largest absolute Gasteiger partial charge is 0.487 e. The lowest BCUT2D eigenvalue weighted by Crippen LogP contribution is -2.45. The molecule has 1 aliphatic heterocycles. The summed E-state index contributed by atoms with van der Waals surface area (Å²) in [4.78, 5) is 13.5. The van der Waals surface area contributed by atoms with Crippen LogP contribution in [-0.4, -0.2) is 32.1 Å². The fourth-order valence-electron chi connectivity index (χ4n) is 1.63. The van der Waals surface area contributed by atoms with Crippen molar-refractivity contribution in [1.82, 2.24) is 0 Å². The lowest BCUT2D eigenvalue weighted by atomic mass is 10.2. The zero-order chi connectivity index (χ0) is 13.2. The van der Waals surface area contributed by atoms with Gasteiger partial charge in [0.05, 0.1) is 22.5 Å². The monoisotopic (exact) mass is 331 g/mol. The average Bonchev–Trinajstić information content (AvgIpc) is 2.27. The van der Waals surface area contributed by atoms with Gasteiger partial charge in [-0.1, -0.05) is 6.07 Å². The molecule has 0 N–H and O–H groups in total. The van der Waals surface area contributed by atoms with Gasteiger partial charge in [0, 0.05) is 0 Å². The Morgan fingerprint density at radius 1 is 1.44 bits per heavy atom. The molecule has 18 heavy (non-hydrogen) atoms. The Bertz CT molecular complexity index is 595. The molecule has 0 radical (unpaired) electrons. The molecule has 96 valence electrons. The van der Waals surface area contributed by atoms with Crippen molar-refractivity contribution in [2.24, 2.45) is 4.99 Å². The van der Waals surface area contributed by atoms with Crippen molar-refractivity contribution >= 4 is 31.8 Å². The second kappa shape index (κ2) is 5.22. The number of sulfone groups is 1. The summed E-state index contributed by atoms with van der Waals surface area (Å²) in [5.74, 6) is 0.724. The second-order valence-electron chi connectivity index (χ2n) is 3.99. The molecule has 1 aromatic rings. The predicted octanol–water partition coefficient (Wildman–Crippen LogP) is 1.46. The number of carbonyl (C=O) groups excluding carboxylic acids is 1. The number of nitrogens with zero attached hydrogens (tertiary/aromatic N) is 1. The van der Waals surface area contributed by atoms with Crippen LogP contribution in [0.4, 0.5) is 0 Å². The minimum absolute atomic E-state index is 0.0661. The highest BCUT2D eigenvalue weighted by Gasteiger charge is 2.35. The SMILES string of the molecule is O=C=NCc1ccc(OC2CS(=O)(=O)C2)c(Br)c1. The standard InChI is InChI=1S/C11H10BrNO4S/c12-10-3-8(4-13-7-14)1-2-11(10)17-9-5-18(15,16)6-9/h1-3,9H,4-6H2. The number of hydrogen-bond acceptors (Lipinski definition) is 5. The fraction of sp³-hybridized carbons (Fsp3) is 0.364. The molecule has 0 spiro atoms. The van der Waals surface area contributed by atoms with Gasteiger partial charge in [-0.05, 0) is 33.6 Å². The van der Waals surface area contributed by atoms with Crippen LogP contribution in [0.1, 0.15) is 5.56 Å². The topological polar surface area (TPSA) is 72.8 Å². The van der Waals surface area contributed by atoms with E-state index in [1.54, 1.807) is 18.2 Å². The number of isocyanates is 1. The van der Waals surface area contributed by atoms with Gasteiger partial charge in [0.2, 0.25) is 6.08 Å². The third-order valence-corrected chi connectivity index (χ3v) is 4.87. The van der Waals surface area contributed by atoms with Gasteiger partial charge in [0.1, 0.15) is 11.9 Å². The van der Waals surface area contributed by atoms with E-state index in [1.165, 1.54) is 6.08 Å². The van der Waals surface area contributed by atoms with E-state index in [1.807, 2.05) is 0 Å². The molecular weight excluding hydrogens is 322 g/mol. The molecule has 1 aliphatic rings. The number of ether oxygens (including phenoxy) is 1. The highest BCUT2D eigenvalue weighted by atomic mass is 79.9. The normalized spacial score (nSPS) is 17.6. The first-order chi connectivity index (χ1) is 8.50. The van der Waals surface area contributed by atoms with Gasteiger partial charge in [0.25, 0.3) is 0 Å². The first-order valence-electron chi connectivity index (χ1n) is 5.19. The Morgan fingerprint density at radius 2 is 2.17 bits per heavy atom. The number of hydrogen-bond donors (Lipinski definition) is 0. The Balaban J connectivity index is 2.04. The van der Waals surface area contributed by atoms with E-state index in [0.29, 0.717) is 10.2 Å². The van der Waals surface area contributed by atoms with Crippen LogP contribution in [0.2, 0.25) is 0 Å². The number of benzene rings is 1. The van der Waals surface area contributed by atoms with Crippen molar-refractivity contribution in [2.75, 3.05) is 11.5 Å². The van der Waals surface area contributed by atoms with Gasteiger partial charge < -0.3 is 4.74 Å². The van der Waals surface area contributed by atoms with E-state index in [-0.39, 0.29) is 24.2 Å². The van der Waals surface area contributed by atoms with E-state index < -0.39 is 9.84 Å². The summed E-state index contributed by atoms with van der Waals surface area (Å²) in [5, 5.41) is 0. The van der Waals surface area contributed by atoms with Crippen LogP contribution >= 0.6 is 15.9 Å². The number of aliphatic imine (C=N–C) groups is 1. The molecule has 1 heterocycles. The minimum Gasteiger partial charge on any atom is -0.487 e. The third-order valence-electron chi connectivity index (χ3n) is 2.50. The van der Waals surface area contributed by atoms with Crippen molar-refractivity contribution in [1.29, 1.82) is 0 Å². The molecule has 1 saturated heterocycles. The Labute approximate surface area is 113 Å². The molecule has 0 amide bonds. The van der Waals surface area contributed by atoms with Gasteiger partial charge in [-0.2, -0.15) is 0 Å². The molecular formula is C11H10BrNO4S. The van der Waals surface area contributed by atoms with Crippen LogP contribution in [0.3, 0.4) is 0 Å². The number of rotatable bonds is 4. The first-order valence-corrected chi connectivity index (χ1v) is 7.81. The van der Waals surface area contributed by atoms with Crippen LogP contribution in [0.5, 0.6) is 5.75 Å². The molecule has 0 unspecified atom stereocenters. The molecule has 1 aromatic carbocycles. The Hall–Kier alpha value is -1.17. The molecule has 7 heteroatoms. The third kappa shape index (κ3) is 3.19. The molecule has 2 rings (SSSR count). The van der Waals surface area contributed by atoms with E-state index >= 15 is 0 Å². The summed E-state index contributed by atoms with van der Waals surface area (Å²) >= 11 is 3.33. The molecule has 0 aromatic heterocycles. The zero-order valence-corrected chi connectivity index (χ0v) is 11.7. The summed E-state index contributed by atoms with van der Waals surface area (Å²) in [6, 6.07) is 5.28. The predicted molar refractivity (Wildman–Crippen MR) is 69.0 cm³/mol. The maximum atomic E-state index is 11.0. The summed E-state index contributed by atoms with van der Waals surface area (Å²) in [6.07, 6.45) is 1.20. The lowest BCUT2D eigenvalue weighted by molar-refractivity contribution is 0.229. The minimum atomic E-state index is -2.88. The smallest absolute Gasteiger partial charge is 0.235 e. The van der Waals surface area contributed by atoms with Crippen LogP contribution < -0.4 is 4.74 Å². The molecule has 5 nitrogen and oxygen atoms in total. The second-order valence-corrected chi connectivity index (χ2v) is 7.00. The highest BCUT2D eigenvalue weighted by molar-refractivity contribution is 9.10. The van der Waals surface area contributed by atoms with Crippen molar-refractivity contribution in [3.8, 4) is 5.75 Å². The van der Waals surface area contributed by atoms with Crippen molar-refractivity contribution in [3.63, 3.8) is 0 Å². The molecule has 0 saturated carbocycles. The van der Waals surface area contributed by atoms with Gasteiger partial charge in [-0.25, -0.2) is 18.2 Å². The van der Waals surface area contributed by atoms with Crippen LogP contribution in [0.25, 0.3) is 0 Å². The van der Waals surface area contributed by atoms with E-state index in [4.69, 9.17) is 4.74 Å².